The average molecular weight is 244 g/mol. The Morgan fingerprint density at radius 2 is 2.11 bits per heavy atom. The summed E-state index contributed by atoms with van der Waals surface area (Å²) >= 11 is 0. The Hall–Kier alpha value is -1.37. The number of rotatable bonds is 4. The summed E-state index contributed by atoms with van der Waals surface area (Å²) in [6, 6.07) is 10.5. The SMILES string of the molecule is COCc1cccc(C(C#N)N2CCCCC2)c1. The second-order valence-corrected chi connectivity index (χ2v) is 4.81. The fraction of sp³-hybridized carbons (Fsp3) is 0.533. The smallest absolute Gasteiger partial charge is 0.123 e. The van der Waals surface area contributed by atoms with Gasteiger partial charge in [-0.15, -0.1) is 0 Å². The van der Waals surface area contributed by atoms with Gasteiger partial charge in [0, 0.05) is 7.11 Å². The largest absolute Gasteiger partial charge is 0.380 e. The van der Waals surface area contributed by atoms with E-state index in [1.165, 1.54) is 19.3 Å². The van der Waals surface area contributed by atoms with Crippen LogP contribution >= 0.6 is 0 Å². The fourth-order valence-electron chi connectivity index (χ4n) is 2.56. The molecular formula is C15H20N2O. The Morgan fingerprint density at radius 3 is 2.78 bits per heavy atom. The molecule has 0 saturated carbocycles. The predicted molar refractivity (Wildman–Crippen MR) is 70.9 cm³/mol. The van der Waals surface area contributed by atoms with Crippen molar-refractivity contribution in [2.45, 2.75) is 31.9 Å². The molecule has 1 saturated heterocycles. The molecule has 1 heterocycles. The topological polar surface area (TPSA) is 36.3 Å². The first-order valence-electron chi connectivity index (χ1n) is 6.56. The number of piperidine rings is 1. The number of hydrogen-bond donors (Lipinski definition) is 0. The minimum absolute atomic E-state index is 0.109. The normalized spacial score (nSPS) is 18.2. The van der Waals surface area contributed by atoms with Gasteiger partial charge in [-0.3, -0.25) is 4.90 Å². The highest BCUT2D eigenvalue weighted by Gasteiger charge is 2.21. The zero-order valence-corrected chi connectivity index (χ0v) is 10.9. The van der Waals surface area contributed by atoms with E-state index in [-0.39, 0.29) is 6.04 Å². The Kier molecular flexibility index (Phi) is 4.74. The third kappa shape index (κ3) is 3.10. The summed E-state index contributed by atoms with van der Waals surface area (Å²) in [4.78, 5) is 2.29. The van der Waals surface area contributed by atoms with E-state index in [1.54, 1.807) is 7.11 Å². The van der Waals surface area contributed by atoms with Crippen LogP contribution in [0.1, 0.15) is 36.4 Å². The highest BCUT2D eigenvalue weighted by molar-refractivity contribution is 5.29. The van der Waals surface area contributed by atoms with E-state index in [0.717, 1.165) is 24.2 Å². The van der Waals surface area contributed by atoms with Crippen LogP contribution in [0.2, 0.25) is 0 Å². The standard InChI is InChI=1S/C15H20N2O/c1-18-12-13-6-5-7-14(10-13)15(11-16)17-8-3-2-4-9-17/h5-7,10,15H,2-4,8-9,12H2,1H3. The van der Waals surface area contributed by atoms with Crippen molar-refractivity contribution in [3.05, 3.63) is 35.4 Å². The van der Waals surface area contributed by atoms with E-state index in [2.05, 4.69) is 17.0 Å². The maximum Gasteiger partial charge on any atom is 0.123 e. The van der Waals surface area contributed by atoms with Crippen LogP contribution < -0.4 is 0 Å². The predicted octanol–water partition coefficient (Wildman–Crippen LogP) is 2.88. The zero-order chi connectivity index (χ0) is 12.8. The highest BCUT2D eigenvalue weighted by atomic mass is 16.5. The molecule has 96 valence electrons. The van der Waals surface area contributed by atoms with E-state index in [1.807, 2.05) is 18.2 Å². The summed E-state index contributed by atoms with van der Waals surface area (Å²) in [5, 5.41) is 9.43. The molecule has 1 unspecified atom stereocenters. The monoisotopic (exact) mass is 244 g/mol. The lowest BCUT2D eigenvalue weighted by Crippen LogP contribution is -2.33. The van der Waals surface area contributed by atoms with Gasteiger partial charge in [-0.05, 0) is 37.1 Å². The van der Waals surface area contributed by atoms with Gasteiger partial charge in [0.2, 0.25) is 0 Å². The van der Waals surface area contributed by atoms with Crippen molar-refractivity contribution in [3.8, 4) is 6.07 Å². The zero-order valence-electron chi connectivity index (χ0n) is 10.9. The number of nitrogens with zero attached hydrogens (tertiary/aromatic N) is 2. The maximum atomic E-state index is 9.43. The van der Waals surface area contributed by atoms with Crippen LogP contribution in [0.3, 0.4) is 0 Å². The van der Waals surface area contributed by atoms with E-state index in [9.17, 15) is 5.26 Å². The lowest BCUT2D eigenvalue weighted by atomic mass is 10.0. The Labute approximate surface area is 109 Å². The van der Waals surface area contributed by atoms with Crippen LogP contribution in [0.15, 0.2) is 24.3 Å². The van der Waals surface area contributed by atoms with E-state index in [4.69, 9.17) is 4.74 Å². The van der Waals surface area contributed by atoms with E-state index < -0.39 is 0 Å². The van der Waals surface area contributed by atoms with Crippen molar-refractivity contribution in [1.29, 1.82) is 5.26 Å². The molecule has 0 aromatic heterocycles. The minimum atomic E-state index is -0.109. The third-order valence-corrected chi connectivity index (χ3v) is 3.46. The number of nitriles is 1. The molecule has 1 fully saturated rings. The fourth-order valence-corrected chi connectivity index (χ4v) is 2.56. The van der Waals surface area contributed by atoms with Gasteiger partial charge in [-0.1, -0.05) is 30.7 Å². The minimum Gasteiger partial charge on any atom is -0.380 e. The number of methoxy groups -OCH3 is 1. The molecule has 1 aromatic carbocycles. The first-order valence-corrected chi connectivity index (χ1v) is 6.56. The second-order valence-electron chi connectivity index (χ2n) is 4.81. The lowest BCUT2D eigenvalue weighted by Gasteiger charge is -2.30. The molecular weight excluding hydrogens is 224 g/mol. The molecule has 1 aromatic rings. The van der Waals surface area contributed by atoms with Gasteiger partial charge in [0.05, 0.1) is 12.7 Å². The van der Waals surface area contributed by atoms with Gasteiger partial charge < -0.3 is 4.74 Å². The highest BCUT2D eigenvalue weighted by Crippen LogP contribution is 2.24. The molecule has 0 N–H and O–H groups in total. The van der Waals surface area contributed by atoms with E-state index >= 15 is 0 Å². The van der Waals surface area contributed by atoms with E-state index in [0.29, 0.717) is 6.61 Å². The molecule has 3 heteroatoms. The summed E-state index contributed by atoms with van der Waals surface area (Å²) < 4.78 is 5.15. The lowest BCUT2D eigenvalue weighted by molar-refractivity contribution is 0.183. The van der Waals surface area contributed by atoms with Crippen LogP contribution in [0.4, 0.5) is 0 Å². The van der Waals surface area contributed by atoms with Gasteiger partial charge in [0.15, 0.2) is 0 Å². The summed E-state index contributed by atoms with van der Waals surface area (Å²) in [7, 11) is 1.69. The van der Waals surface area contributed by atoms with Crippen LogP contribution in [0.5, 0.6) is 0 Å². The van der Waals surface area contributed by atoms with Gasteiger partial charge in [-0.25, -0.2) is 0 Å². The molecule has 1 aliphatic heterocycles. The average Bonchev–Trinajstić information content (AvgIpc) is 2.42. The number of ether oxygens (including phenoxy) is 1. The summed E-state index contributed by atoms with van der Waals surface area (Å²) in [6.07, 6.45) is 3.70. The van der Waals surface area contributed by atoms with Crippen LogP contribution in [-0.4, -0.2) is 25.1 Å². The molecule has 3 nitrogen and oxygen atoms in total. The van der Waals surface area contributed by atoms with Crippen molar-refractivity contribution in [1.82, 2.24) is 4.90 Å². The molecule has 0 bridgehead atoms. The van der Waals surface area contributed by atoms with Crippen LogP contribution in [0.25, 0.3) is 0 Å². The molecule has 2 rings (SSSR count). The number of benzene rings is 1. The molecule has 0 aliphatic carbocycles. The molecule has 0 radical (unpaired) electrons. The second kappa shape index (κ2) is 6.53. The Balaban J connectivity index is 2.16. The summed E-state index contributed by atoms with van der Waals surface area (Å²) in [5.74, 6) is 0. The van der Waals surface area contributed by atoms with Gasteiger partial charge in [0.1, 0.15) is 6.04 Å². The molecule has 0 spiro atoms. The van der Waals surface area contributed by atoms with Crippen molar-refractivity contribution in [3.63, 3.8) is 0 Å². The van der Waals surface area contributed by atoms with Gasteiger partial charge >= 0.3 is 0 Å². The quantitative estimate of drug-likeness (QED) is 0.817. The van der Waals surface area contributed by atoms with Crippen LogP contribution in [0, 0.1) is 11.3 Å². The Morgan fingerprint density at radius 1 is 1.33 bits per heavy atom. The Bertz CT molecular complexity index is 419. The van der Waals surface area contributed by atoms with Gasteiger partial charge in [0.25, 0.3) is 0 Å². The van der Waals surface area contributed by atoms with Crippen LogP contribution in [-0.2, 0) is 11.3 Å². The van der Waals surface area contributed by atoms with Crippen molar-refractivity contribution in [2.75, 3.05) is 20.2 Å². The maximum absolute atomic E-state index is 9.43. The van der Waals surface area contributed by atoms with Gasteiger partial charge in [-0.2, -0.15) is 5.26 Å². The number of likely N-dealkylation sites (tertiary alicyclic amines) is 1. The summed E-state index contributed by atoms with van der Waals surface area (Å²) in [6.45, 7) is 2.67. The molecule has 1 atom stereocenters. The third-order valence-electron chi connectivity index (χ3n) is 3.46. The summed E-state index contributed by atoms with van der Waals surface area (Å²) in [5.41, 5.74) is 2.22. The number of hydrogen-bond acceptors (Lipinski definition) is 3. The van der Waals surface area contributed by atoms with Crippen molar-refractivity contribution < 1.29 is 4.74 Å². The first-order chi connectivity index (χ1) is 8.85. The first kappa shape index (κ1) is 13.1. The molecule has 0 amide bonds. The van der Waals surface area contributed by atoms with Crippen molar-refractivity contribution in [2.24, 2.45) is 0 Å². The molecule has 18 heavy (non-hydrogen) atoms. The molecule has 1 aliphatic rings. The van der Waals surface area contributed by atoms with Crippen molar-refractivity contribution >= 4 is 0 Å².